The van der Waals surface area contributed by atoms with Gasteiger partial charge in [0.15, 0.2) is 0 Å². The number of aryl methyl sites for hydroxylation is 1. The number of fused-ring (bicyclic) bond motifs is 1. The first kappa shape index (κ1) is 15.3. The molecule has 1 aliphatic rings. The smallest absolute Gasteiger partial charge is 0.254 e. The van der Waals surface area contributed by atoms with Crippen LogP contribution in [0.5, 0.6) is 0 Å². The second-order valence-electron chi connectivity index (χ2n) is 5.77. The molecule has 3 rings (SSSR count). The highest BCUT2D eigenvalue weighted by Gasteiger charge is 2.25. The van der Waals surface area contributed by atoms with Crippen molar-refractivity contribution in [3.8, 4) is 0 Å². The maximum Gasteiger partial charge on any atom is 0.254 e. The van der Waals surface area contributed by atoms with E-state index in [2.05, 4.69) is 0 Å². The standard InChI is InChI=1S/C17H19N3O3/c1-12(21)19-7-9-20(10-8-19)17(23)14-11-16(22)18(2)15-6-4-3-5-13(14)15/h3-6,11H,7-10H2,1-2H3. The molecule has 1 aliphatic heterocycles. The lowest BCUT2D eigenvalue weighted by molar-refractivity contribution is -0.130. The van der Waals surface area contributed by atoms with Gasteiger partial charge in [0.25, 0.3) is 11.5 Å². The molecule has 2 heterocycles. The number of para-hydroxylation sites is 1. The molecule has 2 aromatic rings. The second kappa shape index (κ2) is 5.87. The van der Waals surface area contributed by atoms with Crippen molar-refractivity contribution in [2.45, 2.75) is 6.92 Å². The Morgan fingerprint density at radius 1 is 1.00 bits per heavy atom. The lowest BCUT2D eigenvalue weighted by Gasteiger charge is -2.34. The third kappa shape index (κ3) is 2.72. The third-order valence-corrected chi connectivity index (χ3v) is 4.40. The summed E-state index contributed by atoms with van der Waals surface area (Å²) in [5.74, 6) is -0.127. The lowest BCUT2D eigenvalue weighted by atomic mass is 10.1. The van der Waals surface area contributed by atoms with Gasteiger partial charge < -0.3 is 14.4 Å². The fourth-order valence-electron chi connectivity index (χ4n) is 2.98. The summed E-state index contributed by atoms with van der Waals surface area (Å²) in [6, 6.07) is 8.80. The van der Waals surface area contributed by atoms with Crippen LogP contribution in [0.25, 0.3) is 10.9 Å². The van der Waals surface area contributed by atoms with Gasteiger partial charge in [0, 0.05) is 51.6 Å². The Morgan fingerprint density at radius 3 is 2.26 bits per heavy atom. The topological polar surface area (TPSA) is 62.6 Å². The van der Waals surface area contributed by atoms with Crippen molar-refractivity contribution < 1.29 is 9.59 Å². The van der Waals surface area contributed by atoms with Crippen molar-refractivity contribution in [1.82, 2.24) is 14.4 Å². The van der Waals surface area contributed by atoms with Gasteiger partial charge in [0.05, 0.1) is 11.1 Å². The Balaban J connectivity index is 1.95. The van der Waals surface area contributed by atoms with E-state index in [0.29, 0.717) is 31.7 Å². The third-order valence-electron chi connectivity index (χ3n) is 4.40. The van der Waals surface area contributed by atoms with Crippen LogP contribution in [0, 0.1) is 0 Å². The summed E-state index contributed by atoms with van der Waals surface area (Å²) in [4.78, 5) is 39.8. The van der Waals surface area contributed by atoms with Gasteiger partial charge in [-0.05, 0) is 6.07 Å². The van der Waals surface area contributed by atoms with E-state index in [9.17, 15) is 14.4 Å². The van der Waals surface area contributed by atoms with Gasteiger partial charge in [-0.3, -0.25) is 14.4 Å². The molecule has 0 bridgehead atoms. The molecule has 6 heteroatoms. The first-order chi connectivity index (χ1) is 11.0. The minimum atomic E-state index is -0.200. The Morgan fingerprint density at radius 2 is 1.61 bits per heavy atom. The van der Waals surface area contributed by atoms with E-state index in [1.807, 2.05) is 24.3 Å². The largest absolute Gasteiger partial charge is 0.339 e. The van der Waals surface area contributed by atoms with Gasteiger partial charge in [-0.15, -0.1) is 0 Å². The molecule has 0 saturated carbocycles. The number of pyridine rings is 1. The van der Waals surface area contributed by atoms with Crippen molar-refractivity contribution in [1.29, 1.82) is 0 Å². The van der Waals surface area contributed by atoms with Crippen LogP contribution in [0.4, 0.5) is 0 Å². The molecule has 0 N–H and O–H groups in total. The molecule has 0 spiro atoms. The van der Waals surface area contributed by atoms with Crippen LogP contribution in [0.2, 0.25) is 0 Å². The Labute approximate surface area is 133 Å². The highest BCUT2D eigenvalue weighted by atomic mass is 16.2. The average molecular weight is 313 g/mol. The molecular weight excluding hydrogens is 294 g/mol. The molecule has 0 atom stereocenters. The zero-order valence-corrected chi connectivity index (χ0v) is 13.3. The summed E-state index contributed by atoms with van der Waals surface area (Å²) < 4.78 is 1.54. The maximum absolute atomic E-state index is 12.8. The van der Waals surface area contributed by atoms with Gasteiger partial charge in [-0.2, -0.15) is 0 Å². The average Bonchev–Trinajstić information content (AvgIpc) is 2.57. The van der Waals surface area contributed by atoms with E-state index in [-0.39, 0.29) is 17.4 Å². The lowest BCUT2D eigenvalue weighted by Crippen LogP contribution is -2.50. The van der Waals surface area contributed by atoms with E-state index in [1.165, 1.54) is 13.0 Å². The van der Waals surface area contributed by atoms with Crippen LogP contribution in [0.1, 0.15) is 17.3 Å². The number of piperazine rings is 1. The molecule has 1 fully saturated rings. The number of hydrogen-bond acceptors (Lipinski definition) is 3. The van der Waals surface area contributed by atoms with Gasteiger partial charge in [0.2, 0.25) is 5.91 Å². The first-order valence-corrected chi connectivity index (χ1v) is 7.62. The number of carbonyl (C=O) groups excluding carboxylic acids is 2. The van der Waals surface area contributed by atoms with E-state index in [0.717, 1.165) is 10.9 Å². The van der Waals surface area contributed by atoms with E-state index < -0.39 is 0 Å². The molecule has 2 amide bonds. The summed E-state index contributed by atoms with van der Waals surface area (Å²) in [5, 5.41) is 0.772. The zero-order chi connectivity index (χ0) is 16.6. The van der Waals surface area contributed by atoms with Crippen molar-refractivity contribution in [2.24, 2.45) is 7.05 Å². The second-order valence-corrected chi connectivity index (χ2v) is 5.77. The fraction of sp³-hybridized carbons (Fsp3) is 0.353. The molecule has 1 aromatic carbocycles. The monoisotopic (exact) mass is 313 g/mol. The molecule has 1 saturated heterocycles. The first-order valence-electron chi connectivity index (χ1n) is 7.62. The molecule has 1 aromatic heterocycles. The van der Waals surface area contributed by atoms with Crippen molar-refractivity contribution in [3.05, 3.63) is 46.2 Å². The van der Waals surface area contributed by atoms with Crippen LogP contribution < -0.4 is 5.56 Å². The minimum absolute atomic E-state index is 0.0242. The molecule has 23 heavy (non-hydrogen) atoms. The van der Waals surface area contributed by atoms with Crippen LogP contribution >= 0.6 is 0 Å². The normalized spacial score (nSPS) is 15.0. The summed E-state index contributed by atoms with van der Waals surface area (Å²) in [6.07, 6.45) is 0. The molecule has 0 radical (unpaired) electrons. The highest BCUT2D eigenvalue weighted by molar-refractivity contribution is 6.06. The van der Waals surface area contributed by atoms with Crippen LogP contribution in [0.15, 0.2) is 35.1 Å². The van der Waals surface area contributed by atoms with Crippen molar-refractivity contribution in [3.63, 3.8) is 0 Å². The Hall–Kier alpha value is -2.63. The molecule has 0 unspecified atom stereocenters. The predicted octanol–water partition coefficient (Wildman–Crippen LogP) is 0.843. The molecule has 0 aliphatic carbocycles. The van der Waals surface area contributed by atoms with Crippen molar-refractivity contribution >= 4 is 22.7 Å². The van der Waals surface area contributed by atoms with Crippen LogP contribution in [-0.4, -0.2) is 52.4 Å². The summed E-state index contributed by atoms with van der Waals surface area (Å²) in [7, 11) is 1.70. The van der Waals surface area contributed by atoms with Gasteiger partial charge in [0.1, 0.15) is 0 Å². The number of nitrogens with zero attached hydrogens (tertiary/aromatic N) is 3. The number of benzene rings is 1. The SMILES string of the molecule is CC(=O)N1CCN(C(=O)c2cc(=O)n(C)c3ccccc23)CC1. The van der Waals surface area contributed by atoms with Crippen molar-refractivity contribution in [2.75, 3.05) is 26.2 Å². The number of aromatic nitrogens is 1. The summed E-state index contributed by atoms with van der Waals surface area (Å²) in [5.41, 5.74) is 0.972. The van der Waals surface area contributed by atoms with Crippen LogP contribution in [-0.2, 0) is 11.8 Å². The predicted molar refractivity (Wildman–Crippen MR) is 87.3 cm³/mol. The molecule has 120 valence electrons. The minimum Gasteiger partial charge on any atom is -0.339 e. The van der Waals surface area contributed by atoms with Crippen LogP contribution in [0.3, 0.4) is 0 Å². The quantitative estimate of drug-likeness (QED) is 0.784. The van der Waals surface area contributed by atoms with Gasteiger partial charge >= 0.3 is 0 Å². The maximum atomic E-state index is 12.8. The number of rotatable bonds is 1. The number of hydrogen-bond donors (Lipinski definition) is 0. The number of carbonyl (C=O) groups is 2. The Kier molecular flexibility index (Phi) is 3.90. The molecule has 6 nitrogen and oxygen atoms in total. The van der Waals surface area contributed by atoms with E-state index >= 15 is 0 Å². The van der Waals surface area contributed by atoms with Gasteiger partial charge in [-0.1, -0.05) is 18.2 Å². The zero-order valence-electron chi connectivity index (χ0n) is 13.3. The summed E-state index contributed by atoms with van der Waals surface area (Å²) in [6.45, 7) is 3.57. The molecular formula is C17H19N3O3. The Bertz CT molecular complexity index is 833. The van der Waals surface area contributed by atoms with E-state index in [4.69, 9.17) is 0 Å². The van der Waals surface area contributed by atoms with Gasteiger partial charge in [-0.25, -0.2) is 0 Å². The number of amides is 2. The highest BCUT2D eigenvalue weighted by Crippen LogP contribution is 2.18. The summed E-state index contributed by atoms with van der Waals surface area (Å²) >= 11 is 0. The fourth-order valence-corrected chi connectivity index (χ4v) is 2.98. The van der Waals surface area contributed by atoms with E-state index in [1.54, 1.807) is 21.4 Å².